The lowest BCUT2D eigenvalue weighted by molar-refractivity contribution is -0.0874. The predicted octanol–water partition coefficient (Wildman–Crippen LogP) is 2.96. The van der Waals surface area contributed by atoms with Gasteiger partial charge in [0.05, 0.1) is 5.60 Å². The summed E-state index contributed by atoms with van der Waals surface area (Å²) in [4.78, 5) is 0. The molecule has 0 unspecified atom stereocenters. The lowest BCUT2D eigenvalue weighted by atomic mass is 9.72. The maximum Gasteiger partial charge on any atom is 0.0763 e. The van der Waals surface area contributed by atoms with Gasteiger partial charge in [0.15, 0.2) is 0 Å². The molecule has 0 aliphatic heterocycles. The van der Waals surface area contributed by atoms with Crippen molar-refractivity contribution in [1.29, 1.82) is 0 Å². The van der Waals surface area contributed by atoms with E-state index in [1.165, 1.54) is 12.8 Å². The molecule has 76 valence electrons. The fourth-order valence-electron chi connectivity index (χ4n) is 3.23. The van der Waals surface area contributed by atoms with Crippen LogP contribution in [0.15, 0.2) is 0 Å². The first-order valence-corrected chi connectivity index (χ1v) is 6.01. The molecule has 0 bridgehead atoms. The smallest absolute Gasteiger partial charge is 0.0763 e. The molecule has 2 fully saturated rings. The van der Waals surface area contributed by atoms with Crippen molar-refractivity contribution in [2.45, 2.75) is 50.5 Å². The number of aliphatic hydroxyl groups is 1. The van der Waals surface area contributed by atoms with Crippen LogP contribution in [0.1, 0.15) is 40.5 Å². The Bertz CT molecular complexity index is 230. The lowest BCUT2D eigenvalue weighted by Gasteiger charge is -2.39. The summed E-state index contributed by atoms with van der Waals surface area (Å²) in [6.45, 7) is 8.55. The first-order valence-electron chi connectivity index (χ1n) is 5.21. The highest BCUT2D eigenvalue weighted by molar-refractivity contribution is 9.10. The molecule has 0 atom stereocenters. The zero-order valence-electron chi connectivity index (χ0n) is 8.89. The molecule has 2 aliphatic carbocycles. The molecule has 2 rings (SSSR count). The van der Waals surface area contributed by atoms with Crippen LogP contribution < -0.4 is 0 Å². The minimum Gasteiger partial charge on any atom is -0.389 e. The Kier molecular flexibility index (Phi) is 1.79. The van der Waals surface area contributed by atoms with Gasteiger partial charge in [0.2, 0.25) is 0 Å². The van der Waals surface area contributed by atoms with Crippen molar-refractivity contribution in [2.24, 2.45) is 17.3 Å². The van der Waals surface area contributed by atoms with Crippen molar-refractivity contribution in [1.82, 2.24) is 0 Å². The number of hydrogen-bond donors (Lipinski definition) is 1. The summed E-state index contributed by atoms with van der Waals surface area (Å²) < 4.78 is 0.323. The van der Waals surface area contributed by atoms with Gasteiger partial charge in [-0.15, -0.1) is 0 Å². The summed E-state index contributed by atoms with van der Waals surface area (Å²) in [5.41, 5.74) is -0.237. The second-order valence-electron chi connectivity index (χ2n) is 5.54. The van der Waals surface area contributed by atoms with Gasteiger partial charge in [0.25, 0.3) is 0 Å². The summed E-state index contributed by atoms with van der Waals surface area (Å²) in [5.74, 6) is 0.712. The molecule has 1 nitrogen and oxygen atoms in total. The quantitative estimate of drug-likeness (QED) is 0.760. The average Bonchev–Trinajstić information content (AvgIpc) is 2.71. The molecule has 2 saturated carbocycles. The number of hydrogen-bond acceptors (Lipinski definition) is 1. The highest BCUT2D eigenvalue weighted by Gasteiger charge is 2.89. The van der Waals surface area contributed by atoms with Gasteiger partial charge in [-0.3, -0.25) is 0 Å². The van der Waals surface area contributed by atoms with Crippen molar-refractivity contribution in [3.63, 3.8) is 0 Å². The Morgan fingerprint density at radius 2 is 1.46 bits per heavy atom. The number of rotatable bonds is 3. The Labute approximate surface area is 89.0 Å². The van der Waals surface area contributed by atoms with Crippen molar-refractivity contribution >= 4 is 15.9 Å². The molecule has 13 heavy (non-hydrogen) atoms. The van der Waals surface area contributed by atoms with Crippen LogP contribution >= 0.6 is 15.9 Å². The van der Waals surface area contributed by atoms with Crippen LogP contribution in [0.5, 0.6) is 0 Å². The maximum absolute atomic E-state index is 10.7. The first-order chi connectivity index (χ1) is 5.80. The van der Waals surface area contributed by atoms with E-state index >= 15 is 0 Å². The average molecular weight is 247 g/mol. The van der Waals surface area contributed by atoms with Crippen LogP contribution in [0.25, 0.3) is 0 Å². The van der Waals surface area contributed by atoms with E-state index in [0.29, 0.717) is 16.2 Å². The molecule has 2 aliphatic rings. The van der Waals surface area contributed by atoms with E-state index in [9.17, 15) is 5.11 Å². The topological polar surface area (TPSA) is 20.2 Å². The van der Waals surface area contributed by atoms with Crippen LogP contribution in [0.4, 0.5) is 0 Å². The molecule has 0 amide bonds. The van der Waals surface area contributed by atoms with Gasteiger partial charge < -0.3 is 5.11 Å². The van der Waals surface area contributed by atoms with Gasteiger partial charge in [0, 0.05) is 9.74 Å². The third-order valence-corrected chi connectivity index (χ3v) is 5.62. The molecule has 2 heteroatoms. The van der Waals surface area contributed by atoms with E-state index in [-0.39, 0.29) is 5.41 Å². The third kappa shape index (κ3) is 0.918. The fraction of sp³-hybridized carbons (Fsp3) is 1.00. The predicted molar refractivity (Wildman–Crippen MR) is 58.0 cm³/mol. The Morgan fingerprint density at radius 1 is 1.15 bits per heavy atom. The van der Waals surface area contributed by atoms with Crippen LogP contribution in [-0.2, 0) is 0 Å². The van der Waals surface area contributed by atoms with Crippen molar-refractivity contribution in [3.05, 3.63) is 0 Å². The summed E-state index contributed by atoms with van der Waals surface area (Å²) in [6.07, 6.45) is 2.35. The van der Waals surface area contributed by atoms with Crippen molar-refractivity contribution in [3.8, 4) is 0 Å². The Hall–Kier alpha value is 0.440. The molecule has 0 aromatic rings. The summed E-state index contributed by atoms with van der Waals surface area (Å²) >= 11 is 3.73. The standard InChI is InChI=1S/C11H19BrO/c1-7(2)11(13,8(3)4)9-5-10(9,12)6-9/h7-8,13H,5-6H2,1-4H3. The zero-order valence-corrected chi connectivity index (χ0v) is 10.5. The number of alkyl halides is 1. The lowest BCUT2D eigenvalue weighted by Crippen LogP contribution is -2.46. The van der Waals surface area contributed by atoms with Gasteiger partial charge in [-0.05, 0) is 24.7 Å². The molecule has 0 aromatic heterocycles. The molecule has 0 heterocycles. The summed E-state index contributed by atoms with van der Waals surface area (Å²) in [6, 6.07) is 0. The first kappa shape index (κ1) is 9.97. The molecule has 1 N–H and O–H groups in total. The monoisotopic (exact) mass is 246 g/mol. The third-order valence-electron chi connectivity index (χ3n) is 4.30. The van der Waals surface area contributed by atoms with Gasteiger partial charge >= 0.3 is 0 Å². The van der Waals surface area contributed by atoms with Gasteiger partial charge in [-0.2, -0.15) is 0 Å². The van der Waals surface area contributed by atoms with E-state index in [1.807, 2.05) is 0 Å². The minimum absolute atomic E-state index is 0.225. The highest BCUT2D eigenvalue weighted by Crippen LogP contribution is 2.89. The SMILES string of the molecule is CC(C)C(O)(C(C)C)C12CC1(Br)C2. The molecular formula is C11H19BrO. The minimum atomic E-state index is -0.462. The van der Waals surface area contributed by atoms with Gasteiger partial charge in [-0.1, -0.05) is 43.6 Å². The number of fused-ring (bicyclic) bond motifs is 1. The fourth-order valence-corrected chi connectivity index (χ4v) is 4.51. The summed E-state index contributed by atoms with van der Waals surface area (Å²) in [7, 11) is 0. The Balaban J connectivity index is 2.26. The second-order valence-corrected chi connectivity index (χ2v) is 7.05. The van der Waals surface area contributed by atoms with E-state index in [1.54, 1.807) is 0 Å². The molecule has 0 aromatic carbocycles. The second kappa shape index (κ2) is 2.33. The van der Waals surface area contributed by atoms with Crippen LogP contribution in [0.3, 0.4) is 0 Å². The summed E-state index contributed by atoms with van der Waals surface area (Å²) in [5, 5.41) is 10.7. The zero-order chi connectivity index (χ0) is 10.1. The molecule has 0 spiro atoms. The van der Waals surface area contributed by atoms with E-state index in [0.717, 1.165) is 0 Å². The van der Waals surface area contributed by atoms with Crippen LogP contribution in [0.2, 0.25) is 0 Å². The van der Waals surface area contributed by atoms with Crippen LogP contribution in [0, 0.1) is 17.3 Å². The normalized spacial score (nSPS) is 42.5. The van der Waals surface area contributed by atoms with E-state index in [2.05, 4.69) is 43.6 Å². The molecule has 0 radical (unpaired) electrons. The van der Waals surface area contributed by atoms with Crippen molar-refractivity contribution < 1.29 is 5.11 Å². The van der Waals surface area contributed by atoms with Gasteiger partial charge in [-0.25, -0.2) is 0 Å². The Morgan fingerprint density at radius 3 is 1.54 bits per heavy atom. The van der Waals surface area contributed by atoms with E-state index in [4.69, 9.17) is 0 Å². The van der Waals surface area contributed by atoms with Gasteiger partial charge in [0.1, 0.15) is 0 Å². The largest absolute Gasteiger partial charge is 0.389 e. The van der Waals surface area contributed by atoms with Crippen molar-refractivity contribution in [2.75, 3.05) is 0 Å². The van der Waals surface area contributed by atoms with Crippen LogP contribution in [-0.4, -0.2) is 15.0 Å². The van der Waals surface area contributed by atoms with E-state index < -0.39 is 5.60 Å². The molecular weight excluding hydrogens is 228 g/mol. The number of halogens is 1. The highest BCUT2D eigenvalue weighted by atomic mass is 79.9. The molecule has 0 saturated heterocycles. The maximum atomic E-state index is 10.7.